The van der Waals surface area contributed by atoms with Crippen molar-refractivity contribution in [2.75, 3.05) is 0 Å². The minimum Gasteiger partial charge on any atom is -0.360 e. The lowest BCUT2D eigenvalue weighted by atomic mass is 10.2. The number of carbonyl (C=O) groups is 1. The molecular weight excluding hydrogens is 312 g/mol. The second-order valence-electron chi connectivity index (χ2n) is 4.42. The van der Waals surface area contributed by atoms with Crippen LogP contribution >= 0.6 is 28.1 Å². The van der Waals surface area contributed by atoms with Crippen LogP contribution in [0, 0.1) is 0 Å². The highest BCUT2D eigenvalue weighted by molar-refractivity contribution is 9.10. The summed E-state index contributed by atoms with van der Waals surface area (Å²) in [5.41, 5.74) is 0.605. The average Bonchev–Trinajstić information content (AvgIpc) is 2.82. The maximum absolute atomic E-state index is 11.9. The topological polar surface area (TPSA) is 41.1 Å². The van der Waals surface area contributed by atoms with Crippen molar-refractivity contribution in [3.8, 4) is 0 Å². The van der Waals surface area contributed by atoms with Gasteiger partial charge in [-0.2, -0.15) is 0 Å². The van der Waals surface area contributed by atoms with Crippen LogP contribution in [0.2, 0.25) is 0 Å². The van der Waals surface area contributed by atoms with Crippen LogP contribution in [-0.4, -0.2) is 17.1 Å². The van der Waals surface area contributed by atoms with E-state index in [1.165, 1.54) is 12.8 Å². The van der Waals surface area contributed by atoms with Crippen molar-refractivity contribution in [1.82, 2.24) is 10.6 Å². The molecule has 1 aromatic rings. The zero-order chi connectivity index (χ0) is 13.0. The molecule has 18 heavy (non-hydrogen) atoms. The minimum atomic E-state index is -0.169. The second-order valence-corrected chi connectivity index (χ2v) is 5.74. The van der Waals surface area contributed by atoms with Crippen LogP contribution in [0.5, 0.6) is 0 Å². The van der Waals surface area contributed by atoms with Gasteiger partial charge in [-0.05, 0) is 49.3 Å². The van der Waals surface area contributed by atoms with Gasteiger partial charge in [0.15, 0.2) is 5.11 Å². The first-order valence-electron chi connectivity index (χ1n) is 6.02. The molecule has 1 aromatic carbocycles. The first-order chi connectivity index (χ1) is 8.65. The maximum Gasteiger partial charge on any atom is 0.257 e. The van der Waals surface area contributed by atoms with E-state index in [9.17, 15) is 4.79 Å². The maximum atomic E-state index is 11.9. The number of benzene rings is 1. The number of rotatable bonds is 2. The molecule has 5 heteroatoms. The van der Waals surface area contributed by atoms with Crippen LogP contribution in [0.4, 0.5) is 0 Å². The van der Waals surface area contributed by atoms with E-state index in [2.05, 4.69) is 26.6 Å². The fourth-order valence-electron chi connectivity index (χ4n) is 2.07. The predicted octanol–water partition coefficient (Wildman–Crippen LogP) is 3.00. The SMILES string of the molecule is O=C(NC(=S)NC1CCCC1)c1ccc(Br)cc1. The summed E-state index contributed by atoms with van der Waals surface area (Å²) in [5, 5.41) is 6.32. The van der Waals surface area contributed by atoms with Gasteiger partial charge in [0, 0.05) is 16.1 Å². The molecule has 1 aliphatic carbocycles. The molecule has 0 atom stereocenters. The monoisotopic (exact) mass is 326 g/mol. The highest BCUT2D eigenvalue weighted by atomic mass is 79.9. The number of amides is 1. The zero-order valence-electron chi connectivity index (χ0n) is 9.91. The fraction of sp³-hybridized carbons (Fsp3) is 0.385. The lowest BCUT2D eigenvalue weighted by molar-refractivity contribution is 0.0976. The Hall–Kier alpha value is -0.940. The summed E-state index contributed by atoms with van der Waals surface area (Å²) >= 11 is 8.47. The Kier molecular flexibility index (Phi) is 4.72. The van der Waals surface area contributed by atoms with E-state index in [4.69, 9.17) is 12.2 Å². The molecule has 0 unspecified atom stereocenters. The third kappa shape index (κ3) is 3.78. The van der Waals surface area contributed by atoms with Crippen molar-refractivity contribution in [3.05, 3.63) is 34.3 Å². The van der Waals surface area contributed by atoms with Crippen LogP contribution in [0.1, 0.15) is 36.0 Å². The fourth-order valence-corrected chi connectivity index (χ4v) is 2.59. The summed E-state index contributed by atoms with van der Waals surface area (Å²) in [6, 6.07) is 7.61. The van der Waals surface area contributed by atoms with Crippen molar-refractivity contribution in [3.63, 3.8) is 0 Å². The molecule has 1 aliphatic rings. The predicted molar refractivity (Wildman–Crippen MR) is 79.6 cm³/mol. The van der Waals surface area contributed by atoms with Crippen LogP contribution < -0.4 is 10.6 Å². The summed E-state index contributed by atoms with van der Waals surface area (Å²) in [6.45, 7) is 0. The van der Waals surface area contributed by atoms with Crippen LogP contribution in [0.3, 0.4) is 0 Å². The molecule has 0 radical (unpaired) electrons. The van der Waals surface area contributed by atoms with Gasteiger partial charge in [0.25, 0.3) is 5.91 Å². The van der Waals surface area contributed by atoms with E-state index in [-0.39, 0.29) is 5.91 Å². The van der Waals surface area contributed by atoms with Gasteiger partial charge in [0.2, 0.25) is 0 Å². The first kappa shape index (κ1) is 13.5. The van der Waals surface area contributed by atoms with Crippen LogP contribution in [0.25, 0.3) is 0 Å². The number of halogens is 1. The normalized spacial score (nSPS) is 15.4. The van der Waals surface area contributed by atoms with Crippen molar-refractivity contribution in [1.29, 1.82) is 0 Å². The largest absolute Gasteiger partial charge is 0.360 e. The highest BCUT2D eigenvalue weighted by Crippen LogP contribution is 2.17. The summed E-state index contributed by atoms with van der Waals surface area (Å²) in [6.07, 6.45) is 4.74. The minimum absolute atomic E-state index is 0.169. The van der Waals surface area contributed by atoms with E-state index in [1.807, 2.05) is 12.1 Å². The highest BCUT2D eigenvalue weighted by Gasteiger charge is 2.16. The molecule has 0 bridgehead atoms. The van der Waals surface area contributed by atoms with Crippen LogP contribution in [0.15, 0.2) is 28.7 Å². The van der Waals surface area contributed by atoms with Crippen molar-refractivity contribution in [2.45, 2.75) is 31.7 Å². The molecule has 1 fully saturated rings. The Morgan fingerprint density at radius 3 is 2.44 bits per heavy atom. The quantitative estimate of drug-likeness (QED) is 0.821. The summed E-state index contributed by atoms with van der Waals surface area (Å²) in [7, 11) is 0. The molecule has 1 saturated carbocycles. The summed E-state index contributed by atoms with van der Waals surface area (Å²) in [4.78, 5) is 11.9. The lowest BCUT2D eigenvalue weighted by Crippen LogP contribution is -2.43. The van der Waals surface area contributed by atoms with Gasteiger partial charge >= 0.3 is 0 Å². The molecule has 0 spiro atoms. The molecule has 0 aliphatic heterocycles. The van der Waals surface area contributed by atoms with E-state index < -0.39 is 0 Å². The Bertz CT molecular complexity index is 441. The molecule has 0 aromatic heterocycles. The number of hydrogen-bond acceptors (Lipinski definition) is 2. The van der Waals surface area contributed by atoms with Gasteiger partial charge in [0.1, 0.15) is 0 Å². The van der Waals surface area contributed by atoms with Gasteiger partial charge in [0.05, 0.1) is 0 Å². The molecule has 96 valence electrons. The van der Waals surface area contributed by atoms with E-state index >= 15 is 0 Å². The second kappa shape index (κ2) is 6.29. The Labute approximate surface area is 120 Å². The first-order valence-corrected chi connectivity index (χ1v) is 7.23. The Morgan fingerprint density at radius 1 is 1.22 bits per heavy atom. The molecule has 3 nitrogen and oxygen atoms in total. The van der Waals surface area contributed by atoms with E-state index in [1.54, 1.807) is 12.1 Å². The average molecular weight is 327 g/mol. The standard InChI is InChI=1S/C13H15BrN2OS/c14-10-7-5-9(6-8-10)12(17)16-13(18)15-11-3-1-2-4-11/h5-8,11H,1-4H2,(H2,15,16,17,18). The van der Waals surface area contributed by atoms with E-state index in [0.717, 1.165) is 17.3 Å². The van der Waals surface area contributed by atoms with Gasteiger partial charge in [-0.3, -0.25) is 10.1 Å². The molecule has 0 saturated heterocycles. The smallest absolute Gasteiger partial charge is 0.257 e. The van der Waals surface area contributed by atoms with Crippen LogP contribution in [-0.2, 0) is 0 Å². The summed E-state index contributed by atoms with van der Waals surface area (Å²) < 4.78 is 0.950. The van der Waals surface area contributed by atoms with Crippen molar-refractivity contribution >= 4 is 39.2 Å². The molecular formula is C13H15BrN2OS. The Morgan fingerprint density at radius 2 is 1.83 bits per heavy atom. The van der Waals surface area contributed by atoms with Gasteiger partial charge in [-0.25, -0.2) is 0 Å². The van der Waals surface area contributed by atoms with Gasteiger partial charge in [-0.15, -0.1) is 0 Å². The number of nitrogens with one attached hydrogen (secondary N) is 2. The molecule has 2 N–H and O–H groups in total. The summed E-state index contributed by atoms with van der Waals surface area (Å²) in [5.74, 6) is -0.169. The van der Waals surface area contributed by atoms with Gasteiger partial charge in [-0.1, -0.05) is 28.8 Å². The zero-order valence-corrected chi connectivity index (χ0v) is 12.3. The molecule has 1 amide bonds. The molecule has 0 heterocycles. The third-order valence-corrected chi connectivity index (χ3v) is 3.77. The Balaban J connectivity index is 1.86. The third-order valence-electron chi connectivity index (χ3n) is 3.02. The number of hydrogen-bond donors (Lipinski definition) is 2. The van der Waals surface area contributed by atoms with E-state index in [0.29, 0.717) is 16.7 Å². The van der Waals surface area contributed by atoms with Gasteiger partial charge < -0.3 is 5.32 Å². The van der Waals surface area contributed by atoms with Crippen molar-refractivity contribution < 1.29 is 4.79 Å². The number of carbonyl (C=O) groups excluding carboxylic acids is 1. The molecule has 2 rings (SSSR count). The lowest BCUT2D eigenvalue weighted by Gasteiger charge is -2.14. The number of thiocarbonyl (C=S) groups is 1. The van der Waals surface area contributed by atoms with Crippen molar-refractivity contribution in [2.24, 2.45) is 0 Å².